The van der Waals surface area contributed by atoms with Gasteiger partial charge in [-0.15, -0.1) is 0 Å². The van der Waals surface area contributed by atoms with Gasteiger partial charge in [-0.1, -0.05) is 29.3 Å². The van der Waals surface area contributed by atoms with Gasteiger partial charge in [0.1, 0.15) is 6.61 Å². The Balaban J connectivity index is 0. The highest BCUT2D eigenvalue weighted by molar-refractivity contribution is 6.34. The molecule has 0 bridgehead atoms. The van der Waals surface area contributed by atoms with Crippen LogP contribution in [0.5, 0.6) is 0 Å². The fourth-order valence-electron chi connectivity index (χ4n) is 0.649. The number of rotatable bonds is 3. The first kappa shape index (κ1) is 19.5. The number of hydrogen-bond donors (Lipinski definition) is 2. The smallest absolute Gasteiger partial charge is 0.329 e. The van der Waals surface area contributed by atoms with Crippen molar-refractivity contribution in [1.29, 1.82) is 0 Å². The number of carbonyl (C=O) groups is 1. The molecule has 6 heteroatoms. The summed E-state index contributed by atoms with van der Waals surface area (Å²) in [6, 6.07) is 7.08. The van der Waals surface area contributed by atoms with E-state index in [4.69, 9.17) is 28.3 Å². The van der Waals surface area contributed by atoms with Gasteiger partial charge in [-0.25, -0.2) is 4.79 Å². The highest BCUT2D eigenvalue weighted by Gasteiger charge is 1.90. The lowest BCUT2D eigenvalue weighted by atomic mass is 10.4. The summed E-state index contributed by atoms with van der Waals surface area (Å²) < 4.78 is 4.50. The van der Waals surface area contributed by atoms with Crippen molar-refractivity contribution in [2.75, 3.05) is 27.3 Å². The molecule has 2 N–H and O–H groups in total. The lowest BCUT2D eigenvalue weighted by molar-refractivity contribution is -0.142. The van der Waals surface area contributed by atoms with Crippen molar-refractivity contribution in [3.8, 4) is 0 Å². The van der Waals surface area contributed by atoms with Crippen molar-refractivity contribution >= 4 is 29.2 Å². The van der Waals surface area contributed by atoms with Crippen LogP contribution in [0.1, 0.15) is 6.92 Å². The van der Waals surface area contributed by atoms with E-state index in [2.05, 4.69) is 10.1 Å². The predicted molar refractivity (Wildman–Crippen MR) is 75.6 cm³/mol. The van der Waals surface area contributed by atoms with Gasteiger partial charge in [0.05, 0.1) is 0 Å². The van der Waals surface area contributed by atoms with Gasteiger partial charge in [-0.2, -0.15) is 0 Å². The van der Waals surface area contributed by atoms with Crippen LogP contribution in [-0.4, -0.2) is 38.4 Å². The first-order chi connectivity index (χ1) is 8.47. The van der Waals surface area contributed by atoms with Gasteiger partial charge in [0.2, 0.25) is 0 Å². The summed E-state index contributed by atoms with van der Waals surface area (Å²) in [6.07, 6.45) is 0. The molecule has 4 nitrogen and oxygen atoms in total. The summed E-state index contributed by atoms with van der Waals surface area (Å²) in [5.74, 6) is -0.915. The zero-order valence-electron chi connectivity index (χ0n) is 10.7. The molecule has 0 heterocycles. The summed E-state index contributed by atoms with van der Waals surface area (Å²) in [4.78, 5) is 9.63. The molecule has 0 unspecified atom stereocenters. The zero-order valence-corrected chi connectivity index (χ0v) is 12.3. The van der Waals surface area contributed by atoms with E-state index in [9.17, 15) is 4.79 Å². The number of ether oxygens (including phenoxy) is 1. The maximum atomic E-state index is 9.63. The van der Waals surface area contributed by atoms with Crippen molar-refractivity contribution < 1.29 is 14.6 Å². The third-order valence-electron chi connectivity index (χ3n) is 1.22. The van der Waals surface area contributed by atoms with Crippen LogP contribution in [0.25, 0.3) is 0 Å². The summed E-state index contributed by atoms with van der Waals surface area (Å²) in [7, 11) is 3.75. The van der Waals surface area contributed by atoms with E-state index in [0.717, 1.165) is 0 Å². The summed E-state index contributed by atoms with van der Waals surface area (Å²) in [5, 5.41) is 12.0. The molecule has 0 aliphatic rings. The monoisotopic (exact) mass is 295 g/mol. The van der Waals surface area contributed by atoms with Crippen molar-refractivity contribution in [2.24, 2.45) is 0 Å². The SMILES string of the molecule is CCOCC(=O)O.CNC.Clc1cccc(Cl)c1. The van der Waals surface area contributed by atoms with Gasteiger partial charge in [-0.05, 0) is 39.2 Å². The van der Waals surface area contributed by atoms with Gasteiger partial charge in [-0.3, -0.25) is 0 Å². The van der Waals surface area contributed by atoms with Crippen LogP contribution in [0.2, 0.25) is 10.0 Å². The van der Waals surface area contributed by atoms with Crippen LogP contribution in [0.15, 0.2) is 24.3 Å². The zero-order chi connectivity index (χ0) is 14.4. The minimum absolute atomic E-state index is 0.184. The highest BCUT2D eigenvalue weighted by Crippen LogP contribution is 2.13. The molecule has 0 aromatic heterocycles. The van der Waals surface area contributed by atoms with E-state index in [1.165, 1.54) is 0 Å². The fourth-order valence-corrected chi connectivity index (χ4v) is 1.09. The molecule has 104 valence electrons. The van der Waals surface area contributed by atoms with Gasteiger partial charge in [0, 0.05) is 16.7 Å². The Kier molecular flexibility index (Phi) is 15.5. The van der Waals surface area contributed by atoms with Gasteiger partial charge < -0.3 is 15.2 Å². The van der Waals surface area contributed by atoms with E-state index in [1.807, 2.05) is 20.2 Å². The average molecular weight is 296 g/mol. The fraction of sp³-hybridized carbons (Fsp3) is 0.417. The van der Waals surface area contributed by atoms with E-state index < -0.39 is 5.97 Å². The van der Waals surface area contributed by atoms with Gasteiger partial charge in [0.15, 0.2) is 0 Å². The molecule has 18 heavy (non-hydrogen) atoms. The molecular formula is C12H19Cl2NO3. The molecule has 0 saturated heterocycles. The van der Waals surface area contributed by atoms with Crippen molar-refractivity contribution in [1.82, 2.24) is 5.32 Å². The normalized spacial score (nSPS) is 8.50. The number of carboxylic acid groups (broad SMARTS) is 1. The molecule has 0 atom stereocenters. The molecule has 1 aromatic rings. The number of hydrogen-bond acceptors (Lipinski definition) is 3. The Labute approximate surface area is 118 Å². The van der Waals surface area contributed by atoms with Crippen LogP contribution in [0, 0.1) is 0 Å². The van der Waals surface area contributed by atoms with E-state index in [0.29, 0.717) is 16.7 Å². The van der Waals surface area contributed by atoms with E-state index in [-0.39, 0.29) is 6.61 Å². The van der Waals surface area contributed by atoms with Crippen molar-refractivity contribution in [3.05, 3.63) is 34.3 Å². The Morgan fingerprint density at radius 3 is 1.94 bits per heavy atom. The first-order valence-electron chi connectivity index (χ1n) is 5.27. The summed E-state index contributed by atoms with van der Waals surface area (Å²) in [5.41, 5.74) is 0. The molecule has 0 radical (unpaired) electrons. The second-order valence-corrected chi connectivity index (χ2v) is 3.84. The summed E-state index contributed by atoms with van der Waals surface area (Å²) >= 11 is 11.1. The van der Waals surface area contributed by atoms with Crippen LogP contribution in [0.4, 0.5) is 0 Å². The summed E-state index contributed by atoms with van der Waals surface area (Å²) in [6.45, 7) is 2.03. The minimum Gasteiger partial charge on any atom is -0.480 e. The molecule has 0 aliphatic carbocycles. The number of nitrogens with one attached hydrogen (secondary N) is 1. The minimum atomic E-state index is -0.915. The topological polar surface area (TPSA) is 58.6 Å². The Morgan fingerprint density at radius 2 is 1.78 bits per heavy atom. The molecule has 0 spiro atoms. The lowest BCUT2D eigenvalue weighted by Gasteiger charge is -1.90. The number of benzene rings is 1. The second kappa shape index (κ2) is 14.3. The molecule has 1 rings (SSSR count). The molecule has 0 fully saturated rings. The maximum absolute atomic E-state index is 9.63. The van der Waals surface area contributed by atoms with Crippen LogP contribution in [-0.2, 0) is 9.53 Å². The Morgan fingerprint density at radius 1 is 1.33 bits per heavy atom. The highest BCUT2D eigenvalue weighted by atomic mass is 35.5. The maximum Gasteiger partial charge on any atom is 0.329 e. The molecular weight excluding hydrogens is 277 g/mol. The molecule has 1 aromatic carbocycles. The molecule has 0 amide bonds. The standard InChI is InChI=1S/C6H4Cl2.C4H8O3.C2H7N/c7-5-2-1-3-6(8)4-5;1-2-7-3-4(5)6;1-3-2/h1-4H;2-3H2,1H3,(H,5,6);3H,1-2H3. The number of aliphatic carboxylic acids is 1. The predicted octanol–water partition coefficient (Wildman–Crippen LogP) is 2.94. The third-order valence-corrected chi connectivity index (χ3v) is 1.69. The molecule has 0 saturated carbocycles. The number of halogens is 2. The Hall–Kier alpha value is -0.810. The molecule has 0 aliphatic heterocycles. The Bertz CT molecular complexity index is 305. The van der Waals surface area contributed by atoms with Crippen molar-refractivity contribution in [2.45, 2.75) is 6.92 Å². The van der Waals surface area contributed by atoms with Gasteiger partial charge in [0.25, 0.3) is 0 Å². The quantitative estimate of drug-likeness (QED) is 0.900. The number of carboxylic acids is 1. The van der Waals surface area contributed by atoms with Crippen LogP contribution in [0.3, 0.4) is 0 Å². The van der Waals surface area contributed by atoms with Crippen LogP contribution < -0.4 is 5.32 Å². The van der Waals surface area contributed by atoms with E-state index in [1.54, 1.807) is 25.1 Å². The van der Waals surface area contributed by atoms with Crippen LogP contribution >= 0.6 is 23.2 Å². The third kappa shape index (κ3) is 17.6. The lowest BCUT2D eigenvalue weighted by Crippen LogP contribution is -2.05. The second-order valence-electron chi connectivity index (χ2n) is 2.97. The average Bonchev–Trinajstić information content (AvgIpc) is 2.28. The van der Waals surface area contributed by atoms with Gasteiger partial charge >= 0.3 is 5.97 Å². The van der Waals surface area contributed by atoms with Crippen molar-refractivity contribution in [3.63, 3.8) is 0 Å². The first-order valence-corrected chi connectivity index (χ1v) is 6.02. The largest absolute Gasteiger partial charge is 0.480 e. The van der Waals surface area contributed by atoms with E-state index >= 15 is 0 Å².